The van der Waals surface area contributed by atoms with E-state index in [0.717, 1.165) is 27.4 Å². The number of hydrogen-bond donors (Lipinski definition) is 1. The van der Waals surface area contributed by atoms with Crippen LogP contribution in [0.1, 0.15) is 0 Å². The van der Waals surface area contributed by atoms with Crippen LogP contribution in [-0.4, -0.2) is 19.5 Å². The first-order valence-electron chi connectivity index (χ1n) is 6.96. The molecule has 0 radical (unpaired) electrons. The predicted octanol–water partition coefficient (Wildman–Crippen LogP) is 3.47. The van der Waals surface area contributed by atoms with Crippen LogP contribution >= 0.6 is 11.3 Å². The third-order valence-corrected chi connectivity index (χ3v) is 4.25. The molecule has 6 nitrogen and oxygen atoms in total. The Bertz CT molecular complexity index is 991. The topological polar surface area (TPSA) is 78.8 Å². The monoisotopic (exact) mass is 323 g/mol. The molecule has 0 aliphatic carbocycles. The Morgan fingerprint density at radius 1 is 1.17 bits per heavy atom. The zero-order valence-corrected chi connectivity index (χ0v) is 13.1. The Labute approximate surface area is 136 Å². The van der Waals surface area contributed by atoms with Crippen LogP contribution in [0.4, 0.5) is 5.13 Å². The molecule has 3 aromatic heterocycles. The number of rotatable bonds is 3. The lowest BCUT2D eigenvalue weighted by Gasteiger charge is -2.07. The average Bonchev–Trinajstić information content (AvgIpc) is 3.12. The quantitative estimate of drug-likeness (QED) is 0.624. The molecule has 2 N–H and O–H groups in total. The van der Waals surface area contributed by atoms with Gasteiger partial charge in [0, 0.05) is 37.3 Å². The van der Waals surface area contributed by atoms with Crippen molar-refractivity contribution in [2.75, 3.05) is 5.73 Å². The van der Waals surface area contributed by atoms with Crippen molar-refractivity contribution in [2.24, 2.45) is 7.05 Å². The van der Waals surface area contributed by atoms with Crippen LogP contribution in [0.3, 0.4) is 0 Å². The molecular formula is C16H13N5OS. The van der Waals surface area contributed by atoms with Gasteiger partial charge in [-0.15, -0.1) is 0 Å². The van der Waals surface area contributed by atoms with Gasteiger partial charge in [0.25, 0.3) is 0 Å². The summed E-state index contributed by atoms with van der Waals surface area (Å²) in [5, 5.41) is 0.551. The summed E-state index contributed by atoms with van der Waals surface area (Å²) in [4.78, 5) is 12.8. The third kappa shape index (κ3) is 2.62. The Kier molecular flexibility index (Phi) is 3.20. The number of nitrogen functional groups attached to an aromatic ring is 1. The molecule has 0 aliphatic heterocycles. The summed E-state index contributed by atoms with van der Waals surface area (Å²) in [5.74, 6) is 2.22. The minimum atomic E-state index is 0.551. The number of aromatic nitrogens is 4. The number of fused-ring (bicyclic) bond motifs is 1. The van der Waals surface area contributed by atoms with Crippen LogP contribution in [0, 0.1) is 0 Å². The Hall–Kier alpha value is -2.93. The van der Waals surface area contributed by atoms with E-state index in [4.69, 9.17) is 10.5 Å². The van der Waals surface area contributed by atoms with Gasteiger partial charge in [-0.2, -0.15) is 0 Å². The van der Waals surface area contributed by atoms with Crippen LogP contribution < -0.4 is 10.5 Å². The van der Waals surface area contributed by atoms with Crippen molar-refractivity contribution in [3.63, 3.8) is 0 Å². The summed E-state index contributed by atoms with van der Waals surface area (Å²) in [5.41, 5.74) is 7.50. The first-order valence-corrected chi connectivity index (χ1v) is 7.77. The van der Waals surface area contributed by atoms with Crippen molar-refractivity contribution >= 4 is 26.7 Å². The minimum absolute atomic E-state index is 0.551. The molecule has 0 atom stereocenters. The molecule has 0 amide bonds. The molecule has 0 saturated heterocycles. The van der Waals surface area contributed by atoms with Crippen LogP contribution in [0.25, 0.3) is 21.6 Å². The largest absolute Gasteiger partial charge is 0.456 e. The van der Waals surface area contributed by atoms with Gasteiger partial charge in [-0.1, -0.05) is 11.3 Å². The highest BCUT2D eigenvalue weighted by Crippen LogP contribution is 2.30. The minimum Gasteiger partial charge on any atom is -0.456 e. The first-order chi connectivity index (χ1) is 11.2. The number of pyridine rings is 1. The summed E-state index contributed by atoms with van der Waals surface area (Å²) in [6.45, 7) is 0. The van der Waals surface area contributed by atoms with Crippen LogP contribution in [0.2, 0.25) is 0 Å². The summed E-state index contributed by atoms with van der Waals surface area (Å²) in [6.07, 6.45) is 7.09. The number of ether oxygens (including phenoxy) is 1. The van der Waals surface area contributed by atoms with Crippen LogP contribution in [0.15, 0.2) is 49.1 Å². The third-order valence-electron chi connectivity index (χ3n) is 3.40. The van der Waals surface area contributed by atoms with Crippen molar-refractivity contribution in [1.29, 1.82) is 0 Å². The van der Waals surface area contributed by atoms with Gasteiger partial charge in [0.1, 0.15) is 17.3 Å². The van der Waals surface area contributed by atoms with E-state index < -0.39 is 0 Å². The lowest BCUT2D eigenvalue weighted by Crippen LogP contribution is -1.93. The highest BCUT2D eigenvalue weighted by atomic mass is 32.1. The van der Waals surface area contributed by atoms with E-state index in [2.05, 4.69) is 15.0 Å². The second-order valence-electron chi connectivity index (χ2n) is 5.05. The molecule has 0 unspecified atom stereocenters. The molecular weight excluding hydrogens is 310 g/mol. The van der Waals surface area contributed by atoms with E-state index in [9.17, 15) is 0 Å². The zero-order chi connectivity index (χ0) is 15.8. The van der Waals surface area contributed by atoms with Gasteiger partial charge in [0.15, 0.2) is 5.13 Å². The fourth-order valence-corrected chi connectivity index (χ4v) is 3.13. The molecule has 4 rings (SSSR count). The lowest BCUT2D eigenvalue weighted by molar-refractivity contribution is 0.481. The van der Waals surface area contributed by atoms with Crippen molar-refractivity contribution in [3.8, 4) is 22.9 Å². The molecule has 3 heterocycles. The average molecular weight is 323 g/mol. The number of aryl methyl sites for hydroxylation is 1. The maximum absolute atomic E-state index is 5.91. The molecule has 7 heteroatoms. The molecule has 0 aliphatic rings. The number of hydrogen-bond acceptors (Lipinski definition) is 6. The predicted molar refractivity (Wildman–Crippen MR) is 90.5 cm³/mol. The number of imidazole rings is 1. The van der Waals surface area contributed by atoms with Crippen molar-refractivity contribution in [3.05, 3.63) is 49.1 Å². The Balaban J connectivity index is 1.66. The number of nitrogens with zero attached hydrogens (tertiary/aromatic N) is 4. The maximum Gasteiger partial charge on any atom is 0.181 e. The van der Waals surface area contributed by atoms with Crippen LogP contribution in [0.5, 0.6) is 11.5 Å². The summed E-state index contributed by atoms with van der Waals surface area (Å²) >= 11 is 1.44. The summed E-state index contributed by atoms with van der Waals surface area (Å²) < 4.78 is 8.84. The van der Waals surface area contributed by atoms with Crippen molar-refractivity contribution in [2.45, 2.75) is 0 Å². The molecule has 0 spiro atoms. The van der Waals surface area contributed by atoms with Gasteiger partial charge >= 0.3 is 0 Å². The Morgan fingerprint density at radius 2 is 2.09 bits per heavy atom. The summed E-state index contributed by atoms with van der Waals surface area (Å²) in [7, 11) is 1.94. The van der Waals surface area contributed by atoms with Gasteiger partial charge in [-0.3, -0.25) is 4.98 Å². The highest BCUT2D eigenvalue weighted by molar-refractivity contribution is 7.22. The second kappa shape index (κ2) is 5.36. The fourth-order valence-electron chi connectivity index (χ4n) is 2.36. The number of nitrogens with two attached hydrogens (primary N) is 1. The van der Waals surface area contributed by atoms with E-state index in [0.29, 0.717) is 10.9 Å². The molecule has 0 saturated carbocycles. The molecule has 0 bridgehead atoms. The SMILES string of the molecule is Cn1ccnc1-c1cncc(Oc2ccc3nc(N)sc3c2)c1. The Morgan fingerprint density at radius 3 is 2.91 bits per heavy atom. The molecule has 114 valence electrons. The van der Waals surface area contributed by atoms with E-state index >= 15 is 0 Å². The zero-order valence-electron chi connectivity index (χ0n) is 12.3. The molecule has 23 heavy (non-hydrogen) atoms. The lowest BCUT2D eigenvalue weighted by atomic mass is 10.2. The van der Waals surface area contributed by atoms with Gasteiger partial charge in [-0.05, 0) is 18.2 Å². The van der Waals surface area contributed by atoms with Crippen molar-refractivity contribution < 1.29 is 4.74 Å². The van der Waals surface area contributed by atoms with E-state index in [-0.39, 0.29) is 0 Å². The van der Waals surface area contributed by atoms with E-state index in [1.54, 1.807) is 18.6 Å². The van der Waals surface area contributed by atoms with Crippen molar-refractivity contribution in [1.82, 2.24) is 19.5 Å². The molecule has 4 aromatic rings. The van der Waals surface area contributed by atoms with Crippen LogP contribution in [-0.2, 0) is 7.05 Å². The van der Waals surface area contributed by atoms with E-state index in [1.807, 2.05) is 42.1 Å². The number of benzene rings is 1. The second-order valence-corrected chi connectivity index (χ2v) is 6.12. The standard InChI is InChI=1S/C16H13N5OS/c1-21-5-4-19-15(21)10-6-12(9-18-8-10)22-11-2-3-13-14(7-11)23-16(17)20-13/h2-9H,1H3,(H2,17,20). The van der Waals surface area contributed by atoms with Gasteiger partial charge in [-0.25, -0.2) is 9.97 Å². The van der Waals surface area contributed by atoms with E-state index in [1.165, 1.54) is 11.3 Å². The van der Waals surface area contributed by atoms with Gasteiger partial charge in [0.2, 0.25) is 0 Å². The maximum atomic E-state index is 5.91. The number of anilines is 1. The number of thiazole rings is 1. The normalized spacial score (nSPS) is 11.0. The molecule has 0 fully saturated rings. The highest BCUT2D eigenvalue weighted by Gasteiger charge is 2.07. The smallest absolute Gasteiger partial charge is 0.181 e. The first kappa shape index (κ1) is 13.7. The summed E-state index contributed by atoms with van der Waals surface area (Å²) in [6, 6.07) is 7.61. The fraction of sp³-hybridized carbons (Fsp3) is 0.0625. The van der Waals surface area contributed by atoms with Gasteiger partial charge in [0.05, 0.1) is 16.4 Å². The van der Waals surface area contributed by atoms with Gasteiger partial charge < -0.3 is 15.0 Å². The molecule has 1 aromatic carbocycles.